The molecule has 2 unspecified atom stereocenters. The molecule has 1 N–H and O–H groups in total. The summed E-state index contributed by atoms with van der Waals surface area (Å²) in [7, 11) is 4.20. The van der Waals surface area contributed by atoms with Crippen LogP contribution in [0.5, 0.6) is 0 Å². The largest absolute Gasteiger partial charge is 0.308 e. The van der Waals surface area contributed by atoms with Gasteiger partial charge in [-0.05, 0) is 56.2 Å². The predicted molar refractivity (Wildman–Crippen MR) is 93.6 cm³/mol. The van der Waals surface area contributed by atoms with Gasteiger partial charge in [0.15, 0.2) is 0 Å². The second kappa shape index (κ2) is 7.61. The lowest BCUT2D eigenvalue weighted by Gasteiger charge is -2.26. The van der Waals surface area contributed by atoms with E-state index in [-0.39, 0.29) is 6.04 Å². The van der Waals surface area contributed by atoms with Crippen molar-refractivity contribution in [2.75, 3.05) is 20.6 Å². The van der Waals surface area contributed by atoms with Gasteiger partial charge in [0.1, 0.15) is 0 Å². The van der Waals surface area contributed by atoms with Crippen LogP contribution >= 0.6 is 34.5 Å². The molecule has 0 amide bonds. The first-order chi connectivity index (χ1) is 9.99. The van der Waals surface area contributed by atoms with Gasteiger partial charge in [0.2, 0.25) is 0 Å². The lowest BCUT2D eigenvalue weighted by Crippen LogP contribution is -2.32. The van der Waals surface area contributed by atoms with Crippen LogP contribution in [-0.4, -0.2) is 25.5 Å². The Labute approximate surface area is 140 Å². The van der Waals surface area contributed by atoms with Crippen LogP contribution in [0.2, 0.25) is 10.0 Å². The zero-order chi connectivity index (χ0) is 15.4. The van der Waals surface area contributed by atoms with E-state index < -0.39 is 0 Å². The van der Waals surface area contributed by atoms with Crippen molar-refractivity contribution < 1.29 is 0 Å². The van der Waals surface area contributed by atoms with E-state index in [4.69, 9.17) is 23.2 Å². The third-order valence-electron chi connectivity index (χ3n) is 3.54. The zero-order valence-corrected chi connectivity index (χ0v) is 14.8. The molecule has 1 aromatic heterocycles. The number of halogens is 2. The van der Waals surface area contributed by atoms with Crippen LogP contribution in [0.25, 0.3) is 0 Å². The maximum absolute atomic E-state index is 6.26. The minimum Gasteiger partial charge on any atom is -0.308 e. The van der Waals surface area contributed by atoms with E-state index in [0.29, 0.717) is 11.1 Å². The van der Waals surface area contributed by atoms with E-state index in [1.165, 1.54) is 4.88 Å². The number of likely N-dealkylation sites (N-methyl/N-ethyl adjacent to an activating group) is 1. The highest BCUT2D eigenvalue weighted by Gasteiger charge is 2.17. The molecule has 21 heavy (non-hydrogen) atoms. The summed E-state index contributed by atoms with van der Waals surface area (Å²) in [6.07, 6.45) is 0. The van der Waals surface area contributed by atoms with Crippen molar-refractivity contribution in [3.8, 4) is 0 Å². The summed E-state index contributed by atoms with van der Waals surface area (Å²) >= 11 is 14.1. The first-order valence-electron chi connectivity index (χ1n) is 6.87. The van der Waals surface area contributed by atoms with Crippen LogP contribution in [0, 0.1) is 0 Å². The lowest BCUT2D eigenvalue weighted by atomic mass is 10.1. The fourth-order valence-electron chi connectivity index (χ4n) is 2.26. The van der Waals surface area contributed by atoms with Gasteiger partial charge in [-0.25, -0.2) is 0 Å². The highest BCUT2D eigenvalue weighted by atomic mass is 35.5. The van der Waals surface area contributed by atoms with Crippen molar-refractivity contribution >= 4 is 34.5 Å². The fraction of sp³-hybridized carbons (Fsp3) is 0.375. The maximum Gasteiger partial charge on any atom is 0.0561 e. The van der Waals surface area contributed by atoms with Crippen molar-refractivity contribution in [2.24, 2.45) is 0 Å². The molecule has 0 spiro atoms. The minimum atomic E-state index is 0.151. The zero-order valence-electron chi connectivity index (χ0n) is 12.4. The summed E-state index contributed by atoms with van der Waals surface area (Å²) in [6.45, 7) is 2.97. The second-order valence-corrected chi connectivity index (χ2v) is 7.11. The van der Waals surface area contributed by atoms with Gasteiger partial charge < -0.3 is 10.2 Å². The normalized spacial score (nSPS) is 14.4. The number of thiophene rings is 1. The molecule has 0 aliphatic rings. The standard InChI is InChI=1S/C16H20Cl2N2S/c1-11(13-9-12(17)6-7-14(13)18)19-10-15(20(2)3)16-5-4-8-21-16/h4-9,11,15,19H,10H2,1-3H3. The Morgan fingerprint density at radius 1 is 1.24 bits per heavy atom. The average molecular weight is 343 g/mol. The van der Waals surface area contributed by atoms with Crippen molar-refractivity contribution in [3.63, 3.8) is 0 Å². The number of nitrogens with zero attached hydrogens (tertiary/aromatic N) is 1. The van der Waals surface area contributed by atoms with Crippen LogP contribution in [0.4, 0.5) is 0 Å². The van der Waals surface area contributed by atoms with E-state index in [0.717, 1.165) is 17.1 Å². The van der Waals surface area contributed by atoms with Crippen LogP contribution < -0.4 is 5.32 Å². The summed E-state index contributed by atoms with van der Waals surface area (Å²) in [6, 6.07) is 10.4. The van der Waals surface area contributed by atoms with Gasteiger partial charge in [-0.1, -0.05) is 29.3 Å². The van der Waals surface area contributed by atoms with Crippen LogP contribution in [0.15, 0.2) is 35.7 Å². The molecule has 1 aromatic carbocycles. The smallest absolute Gasteiger partial charge is 0.0561 e. The van der Waals surface area contributed by atoms with Gasteiger partial charge in [-0.2, -0.15) is 0 Å². The Hall–Kier alpha value is -0.580. The maximum atomic E-state index is 6.26. The topological polar surface area (TPSA) is 15.3 Å². The van der Waals surface area contributed by atoms with Gasteiger partial charge in [0.25, 0.3) is 0 Å². The molecule has 1 heterocycles. The van der Waals surface area contributed by atoms with E-state index in [1.807, 2.05) is 18.2 Å². The molecule has 2 aromatic rings. The SMILES string of the molecule is CC(NCC(c1cccs1)N(C)C)c1cc(Cl)ccc1Cl. The Morgan fingerprint density at radius 2 is 2.00 bits per heavy atom. The molecule has 0 saturated carbocycles. The first kappa shape index (κ1) is 16.8. The number of nitrogens with one attached hydrogen (secondary N) is 1. The molecule has 0 bridgehead atoms. The quantitative estimate of drug-likeness (QED) is 0.793. The summed E-state index contributed by atoms with van der Waals surface area (Å²) in [5, 5.41) is 7.13. The molecule has 2 rings (SSSR count). The number of benzene rings is 1. The van der Waals surface area contributed by atoms with Gasteiger partial charge >= 0.3 is 0 Å². The summed E-state index contributed by atoms with van der Waals surface area (Å²) in [5.74, 6) is 0. The molecule has 0 aliphatic carbocycles. The van der Waals surface area contributed by atoms with E-state index in [2.05, 4.69) is 48.7 Å². The van der Waals surface area contributed by atoms with E-state index in [9.17, 15) is 0 Å². The predicted octanol–water partition coefficient (Wildman–Crippen LogP) is 5.01. The third kappa shape index (κ3) is 4.44. The monoisotopic (exact) mass is 342 g/mol. The number of rotatable bonds is 6. The second-order valence-electron chi connectivity index (χ2n) is 5.29. The molecule has 0 saturated heterocycles. The fourth-order valence-corrected chi connectivity index (χ4v) is 3.65. The number of hydrogen-bond donors (Lipinski definition) is 1. The van der Waals surface area contributed by atoms with Crippen LogP contribution in [-0.2, 0) is 0 Å². The van der Waals surface area contributed by atoms with E-state index >= 15 is 0 Å². The molecule has 0 fully saturated rings. The third-order valence-corrected chi connectivity index (χ3v) is 5.09. The van der Waals surface area contributed by atoms with Crippen molar-refractivity contribution in [1.29, 1.82) is 0 Å². The average Bonchev–Trinajstić information content (AvgIpc) is 2.95. The molecule has 2 atom stereocenters. The van der Waals surface area contributed by atoms with Crippen molar-refractivity contribution in [2.45, 2.75) is 19.0 Å². The summed E-state index contributed by atoms with van der Waals surface area (Å²) in [5.41, 5.74) is 1.04. The Balaban J connectivity index is 2.05. The molecule has 5 heteroatoms. The Morgan fingerprint density at radius 3 is 2.62 bits per heavy atom. The van der Waals surface area contributed by atoms with Gasteiger partial charge in [-0.3, -0.25) is 0 Å². The molecule has 0 radical (unpaired) electrons. The minimum absolute atomic E-state index is 0.151. The lowest BCUT2D eigenvalue weighted by molar-refractivity contribution is 0.285. The molecular formula is C16H20Cl2N2S. The highest BCUT2D eigenvalue weighted by Crippen LogP contribution is 2.28. The molecule has 114 valence electrons. The Bertz CT molecular complexity index is 570. The first-order valence-corrected chi connectivity index (χ1v) is 8.50. The molecule has 0 aliphatic heterocycles. The van der Waals surface area contributed by atoms with Gasteiger partial charge in [-0.15, -0.1) is 11.3 Å². The summed E-state index contributed by atoms with van der Waals surface area (Å²) < 4.78 is 0. The summed E-state index contributed by atoms with van der Waals surface area (Å²) in [4.78, 5) is 3.59. The molecule has 2 nitrogen and oxygen atoms in total. The Kier molecular flexibility index (Phi) is 6.08. The van der Waals surface area contributed by atoms with Gasteiger partial charge in [0, 0.05) is 27.5 Å². The van der Waals surface area contributed by atoms with Gasteiger partial charge in [0.05, 0.1) is 6.04 Å². The van der Waals surface area contributed by atoms with Crippen LogP contribution in [0.1, 0.15) is 29.4 Å². The molecular weight excluding hydrogens is 323 g/mol. The number of hydrogen-bond acceptors (Lipinski definition) is 3. The van der Waals surface area contributed by atoms with E-state index in [1.54, 1.807) is 11.3 Å². The highest BCUT2D eigenvalue weighted by molar-refractivity contribution is 7.10. The van der Waals surface area contributed by atoms with Crippen molar-refractivity contribution in [3.05, 3.63) is 56.2 Å². The van der Waals surface area contributed by atoms with Crippen LogP contribution in [0.3, 0.4) is 0 Å². The van der Waals surface area contributed by atoms with Crippen molar-refractivity contribution in [1.82, 2.24) is 10.2 Å².